The summed E-state index contributed by atoms with van der Waals surface area (Å²) in [5, 5.41) is 0. The Balaban J connectivity index is 1.73. The van der Waals surface area contributed by atoms with Crippen molar-refractivity contribution in [2.45, 2.75) is 45.3 Å². The van der Waals surface area contributed by atoms with Gasteiger partial charge in [0.2, 0.25) is 5.89 Å². The van der Waals surface area contributed by atoms with Gasteiger partial charge in [-0.1, -0.05) is 48.8 Å². The van der Waals surface area contributed by atoms with Gasteiger partial charge in [-0.05, 0) is 24.6 Å². The molecule has 0 radical (unpaired) electrons. The molecule has 0 saturated carbocycles. The van der Waals surface area contributed by atoms with Gasteiger partial charge in [-0.15, -0.1) is 0 Å². The van der Waals surface area contributed by atoms with Gasteiger partial charge in [0.05, 0.1) is 24.9 Å². The van der Waals surface area contributed by atoms with Crippen LogP contribution in [-0.2, 0) is 10.2 Å². The SMILES string of the molecule is C[C@H](c1ncc(C(C)(C)C)o1)N1CCO[C@@H](c2cccc(Br)c2)C1. The second-order valence-corrected chi connectivity index (χ2v) is 8.31. The maximum Gasteiger partial charge on any atom is 0.211 e. The molecule has 2 heterocycles. The first-order valence-corrected chi connectivity index (χ1v) is 9.21. The van der Waals surface area contributed by atoms with Crippen LogP contribution in [-0.4, -0.2) is 29.6 Å². The molecular weight excluding hydrogens is 368 g/mol. The smallest absolute Gasteiger partial charge is 0.211 e. The lowest BCUT2D eigenvalue weighted by atomic mass is 9.94. The van der Waals surface area contributed by atoms with E-state index in [0.717, 1.165) is 29.2 Å². The Hall–Kier alpha value is -1.17. The molecule has 0 bridgehead atoms. The van der Waals surface area contributed by atoms with Crippen molar-refractivity contribution in [2.75, 3.05) is 19.7 Å². The van der Waals surface area contributed by atoms with E-state index in [2.05, 4.69) is 71.7 Å². The standard InChI is InChI=1S/C19H25BrN2O2/c1-13(18-21-11-17(24-18)19(2,3)4)22-8-9-23-16(12-22)14-6-5-7-15(20)10-14/h5-7,10-11,13,16H,8-9,12H2,1-4H3/t13-,16-/m1/s1. The fourth-order valence-electron chi connectivity index (χ4n) is 2.91. The maximum atomic E-state index is 6.02. The van der Waals surface area contributed by atoms with Crippen molar-refractivity contribution in [3.05, 3.63) is 52.1 Å². The van der Waals surface area contributed by atoms with Crippen LogP contribution >= 0.6 is 15.9 Å². The van der Waals surface area contributed by atoms with Crippen LogP contribution in [0.2, 0.25) is 0 Å². The zero-order valence-electron chi connectivity index (χ0n) is 14.8. The van der Waals surface area contributed by atoms with Crippen LogP contribution in [0.1, 0.15) is 57.1 Å². The maximum absolute atomic E-state index is 6.02. The number of hydrogen-bond donors (Lipinski definition) is 0. The third kappa shape index (κ3) is 3.90. The van der Waals surface area contributed by atoms with Crippen LogP contribution < -0.4 is 0 Å². The second kappa shape index (κ2) is 6.98. The van der Waals surface area contributed by atoms with E-state index in [1.807, 2.05) is 12.3 Å². The molecule has 1 aromatic carbocycles. The first-order chi connectivity index (χ1) is 11.3. The third-order valence-electron chi connectivity index (χ3n) is 4.49. The number of ether oxygens (including phenoxy) is 1. The predicted octanol–water partition coefficient (Wildman–Crippen LogP) is 4.87. The highest BCUT2D eigenvalue weighted by molar-refractivity contribution is 9.10. The Kier molecular flexibility index (Phi) is 5.13. The van der Waals surface area contributed by atoms with Crippen LogP contribution in [0.3, 0.4) is 0 Å². The quantitative estimate of drug-likeness (QED) is 0.746. The lowest BCUT2D eigenvalue weighted by Crippen LogP contribution is -2.40. The van der Waals surface area contributed by atoms with Gasteiger partial charge < -0.3 is 9.15 Å². The molecule has 2 aromatic rings. The molecular formula is C19H25BrN2O2. The Morgan fingerprint density at radius 2 is 2.12 bits per heavy atom. The van der Waals surface area contributed by atoms with E-state index >= 15 is 0 Å². The van der Waals surface area contributed by atoms with Gasteiger partial charge in [-0.2, -0.15) is 0 Å². The van der Waals surface area contributed by atoms with E-state index in [0.29, 0.717) is 6.61 Å². The molecule has 1 aliphatic heterocycles. The number of halogens is 1. The molecule has 130 valence electrons. The van der Waals surface area contributed by atoms with E-state index in [9.17, 15) is 0 Å². The topological polar surface area (TPSA) is 38.5 Å². The highest BCUT2D eigenvalue weighted by Crippen LogP contribution is 2.31. The van der Waals surface area contributed by atoms with E-state index in [4.69, 9.17) is 9.15 Å². The number of oxazole rings is 1. The first kappa shape index (κ1) is 17.6. The minimum absolute atomic E-state index is 0.0190. The molecule has 2 atom stereocenters. The molecule has 1 fully saturated rings. The van der Waals surface area contributed by atoms with Gasteiger partial charge in [-0.3, -0.25) is 4.90 Å². The number of benzene rings is 1. The molecule has 1 aromatic heterocycles. The van der Waals surface area contributed by atoms with Crippen molar-refractivity contribution in [3.63, 3.8) is 0 Å². The minimum atomic E-state index is -0.0190. The largest absolute Gasteiger partial charge is 0.443 e. The van der Waals surface area contributed by atoms with Crippen molar-refractivity contribution < 1.29 is 9.15 Å². The van der Waals surface area contributed by atoms with Gasteiger partial charge in [0.25, 0.3) is 0 Å². The van der Waals surface area contributed by atoms with E-state index in [-0.39, 0.29) is 17.6 Å². The summed E-state index contributed by atoms with van der Waals surface area (Å²) in [7, 11) is 0. The summed E-state index contributed by atoms with van der Waals surface area (Å²) in [6.45, 7) is 11.0. The van der Waals surface area contributed by atoms with Gasteiger partial charge in [0.15, 0.2) is 0 Å². The van der Waals surface area contributed by atoms with Crippen LogP contribution in [0.5, 0.6) is 0 Å². The minimum Gasteiger partial charge on any atom is -0.443 e. The Labute approximate surface area is 152 Å². The highest BCUT2D eigenvalue weighted by atomic mass is 79.9. The van der Waals surface area contributed by atoms with E-state index < -0.39 is 0 Å². The summed E-state index contributed by atoms with van der Waals surface area (Å²) < 4.78 is 13.1. The fraction of sp³-hybridized carbons (Fsp3) is 0.526. The molecule has 0 spiro atoms. The van der Waals surface area contributed by atoms with Gasteiger partial charge in [0, 0.05) is 23.0 Å². The van der Waals surface area contributed by atoms with Gasteiger partial charge in [-0.25, -0.2) is 4.98 Å². The summed E-state index contributed by atoms with van der Waals surface area (Å²) in [5.41, 5.74) is 1.18. The van der Waals surface area contributed by atoms with Crippen molar-refractivity contribution in [1.82, 2.24) is 9.88 Å². The number of hydrogen-bond acceptors (Lipinski definition) is 4. The average molecular weight is 393 g/mol. The summed E-state index contributed by atoms with van der Waals surface area (Å²) in [5.74, 6) is 1.72. The molecule has 1 saturated heterocycles. The summed E-state index contributed by atoms with van der Waals surface area (Å²) >= 11 is 3.54. The Bertz CT molecular complexity index is 693. The lowest BCUT2D eigenvalue weighted by Gasteiger charge is -2.35. The summed E-state index contributed by atoms with van der Waals surface area (Å²) in [6.07, 6.45) is 1.94. The Morgan fingerprint density at radius 1 is 1.33 bits per heavy atom. The Morgan fingerprint density at radius 3 is 2.79 bits per heavy atom. The van der Waals surface area contributed by atoms with Crippen molar-refractivity contribution >= 4 is 15.9 Å². The summed E-state index contributed by atoms with van der Waals surface area (Å²) in [4.78, 5) is 6.90. The molecule has 0 aliphatic carbocycles. The predicted molar refractivity (Wildman–Crippen MR) is 98.0 cm³/mol. The second-order valence-electron chi connectivity index (χ2n) is 7.40. The van der Waals surface area contributed by atoms with Gasteiger partial charge >= 0.3 is 0 Å². The van der Waals surface area contributed by atoms with Crippen LogP contribution in [0.25, 0.3) is 0 Å². The van der Waals surface area contributed by atoms with Crippen LogP contribution in [0.4, 0.5) is 0 Å². The monoisotopic (exact) mass is 392 g/mol. The number of aromatic nitrogens is 1. The fourth-order valence-corrected chi connectivity index (χ4v) is 3.33. The number of nitrogens with zero attached hydrogens (tertiary/aromatic N) is 2. The number of rotatable bonds is 3. The van der Waals surface area contributed by atoms with Crippen molar-refractivity contribution in [2.24, 2.45) is 0 Å². The summed E-state index contributed by atoms with van der Waals surface area (Å²) in [6, 6.07) is 8.47. The third-order valence-corrected chi connectivity index (χ3v) is 4.98. The van der Waals surface area contributed by atoms with Crippen LogP contribution in [0, 0.1) is 0 Å². The molecule has 24 heavy (non-hydrogen) atoms. The molecule has 4 nitrogen and oxygen atoms in total. The van der Waals surface area contributed by atoms with Crippen molar-refractivity contribution in [3.8, 4) is 0 Å². The van der Waals surface area contributed by atoms with E-state index in [1.165, 1.54) is 5.56 Å². The molecule has 0 N–H and O–H groups in total. The van der Waals surface area contributed by atoms with Gasteiger partial charge in [0.1, 0.15) is 5.76 Å². The zero-order chi connectivity index (χ0) is 17.3. The molecule has 0 amide bonds. The molecule has 3 rings (SSSR count). The first-order valence-electron chi connectivity index (χ1n) is 8.42. The average Bonchev–Trinajstić information content (AvgIpc) is 3.04. The lowest BCUT2D eigenvalue weighted by molar-refractivity contribution is -0.0465. The molecule has 0 unspecified atom stereocenters. The highest BCUT2D eigenvalue weighted by Gasteiger charge is 2.29. The number of morpholine rings is 1. The normalized spacial score (nSPS) is 21.0. The zero-order valence-corrected chi connectivity index (χ0v) is 16.3. The van der Waals surface area contributed by atoms with E-state index in [1.54, 1.807) is 0 Å². The van der Waals surface area contributed by atoms with Crippen molar-refractivity contribution in [1.29, 1.82) is 0 Å². The van der Waals surface area contributed by atoms with Crippen LogP contribution in [0.15, 0.2) is 39.4 Å². The molecule has 1 aliphatic rings. The molecule has 5 heteroatoms.